The fourth-order valence-electron chi connectivity index (χ4n) is 3.10. The Morgan fingerprint density at radius 2 is 1.85 bits per heavy atom. The van der Waals surface area contributed by atoms with Gasteiger partial charge in [-0.05, 0) is 31.3 Å². The number of aromatic nitrogens is 3. The fourth-order valence-corrected chi connectivity index (χ4v) is 3.10. The lowest BCUT2D eigenvalue weighted by Gasteiger charge is -2.14. The number of aryl methyl sites for hydroxylation is 1. The summed E-state index contributed by atoms with van der Waals surface area (Å²) in [7, 11) is 3.82. The second-order valence-electron chi connectivity index (χ2n) is 6.40. The van der Waals surface area contributed by atoms with Crippen LogP contribution in [-0.4, -0.2) is 26.7 Å². The maximum absolute atomic E-state index is 14.2. The Morgan fingerprint density at radius 3 is 2.65 bits per heavy atom. The summed E-state index contributed by atoms with van der Waals surface area (Å²) in [6.45, 7) is 1.16. The summed E-state index contributed by atoms with van der Waals surface area (Å²) in [6, 6.07) is 14.4. The third-order valence-electron chi connectivity index (χ3n) is 4.22. The van der Waals surface area contributed by atoms with Crippen LogP contribution in [0.15, 0.2) is 59.1 Å². The molecule has 0 bridgehead atoms. The van der Waals surface area contributed by atoms with Gasteiger partial charge in [0.2, 0.25) is 5.89 Å². The molecule has 4 rings (SSSR count). The number of benzene rings is 2. The largest absolute Gasteiger partial charge is 0.439 e. The van der Waals surface area contributed by atoms with Gasteiger partial charge in [-0.3, -0.25) is 9.58 Å². The van der Waals surface area contributed by atoms with Crippen molar-refractivity contribution in [2.24, 2.45) is 7.05 Å². The van der Waals surface area contributed by atoms with Crippen LogP contribution in [0, 0.1) is 5.82 Å². The summed E-state index contributed by atoms with van der Waals surface area (Å²) in [6.07, 6.45) is 1.92. The van der Waals surface area contributed by atoms with Crippen LogP contribution in [-0.2, 0) is 20.1 Å². The van der Waals surface area contributed by atoms with Crippen molar-refractivity contribution in [1.82, 2.24) is 19.7 Å². The first-order valence-electron chi connectivity index (χ1n) is 8.40. The first-order chi connectivity index (χ1) is 12.6. The zero-order chi connectivity index (χ0) is 18.1. The molecule has 26 heavy (non-hydrogen) atoms. The van der Waals surface area contributed by atoms with E-state index in [2.05, 4.69) is 15.0 Å². The molecule has 5 nitrogen and oxygen atoms in total. The summed E-state index contributed by atoms with van der Waals surface area (Å²) in [5, 5.41) is 4.45. The molecule has 0 saturated heterocycles. The number of halogens is 1. The number of para-hydroxylation sites is 2. The first-order valence-corrected chi connectivity index (χ1v) is 8.40. The second-order valence-corrected chi connectivity index (χ2v) is 6.40. The number of fused-ring (bicyclic) bond motifs is 1. The summed E-state index contributed by atoms with van der Waals surface area (Å²) in [5.74, 6) is 0.388. The normalized spacial score (nSPS) is 11.5. The van der Waals surface area contributed by atoms with Gasteiger partial charge in [0.05, 0.1) is 12.2 Å². The third-order valence-corrected chi connectivity index (χ3v) is 4.22. The molecule has 6 heteroatoms. The van der Waals surface area contributed by atoms with E-state index in [9.17, 15) is 4.39 Å². The second kappa shape index (κ2) is 6.72. The van der Waals surface area contributed by atoms with Gasteiger partial charge in [0.15, 0.2) is 5.58 Å². The van der Waals surface area contributed by atoms with Crippen LogP contribution in [0.3, 0.4) is 0 Å². The predicted molar refractivity (Wildman–Crippen MR) is 97.8 cm³/mol. The zero-order valence-electron chi connectivity index (χ0n) is 14.7. The third kappa shape index (κ3) is 3.23. The molecule has 0 spiro atoms. The van der Waals surface area contributed by atoms with E-state index in [-0.39, 0.29) is 5.82 Å². The molecule has 0 aliphatic rings. The van der Waals surface area contributed by atoms with Crippen LogP contribution < -0.4 is 0 Å². The standard InChI is InChI=1S/C20H19FN4O/c1-24(13-19-22-17-9-5-6-10-18(17)26-19)11-14-12-25(2)23-20(14)15-7-3-4-8-16(15)21/h3-10,12H,11,13H2,1-2H3. The molecule has 0 aliphatic heterocycles. The van der Waals surface area contributed by atoms with Crippen molar-refractivity contribution in [2.75, 3.05) is 7.05 Å². The van der Waals surface area contributed by atoms with Gasteiger partial charge in [0.25, 0.3) is 0 Å². The molecule has 0 amide bonds. The van der Waals surface area contributed by atoms with E-state index < -0.39 is 0 Å². The maximum Gasteiger partial charge on any atom is 0.209 e. The van der Waals surface area contributed by atoms with Crippen molar-refractivity contribution in [3.63, 3.8) is 0 Å². The average Bonchev–Trinajstić information content (AvgIpc) is 3.17. The average molecular weight is 350 g/mol. The minimum absolute atomic E-state index is 0.269. The molecule has 4 aromatic rings. The van der Waals surface area contributed by atoms with Gasteiger partial charge in [0, 0.05) is 30.9 Å². The Kier molecular flexibility index (Phi) is 4.26. The van der Waals surface area contributed by atoms with Gasteiger partial charge < -0.3 is 4.42 Å². The van der Waals surface area contributed by atoms with E-state index in [4.69, 9.17) is 4.42 Å². The number of rotatable bonds is 5. The molecule has 0 N–H and O–H groups in total. The van der Waals surface area contributed by atoms with Crippen LogP contribution in [0.25, 0.3) is 22.4 Å². The number of oxazole rings is 1. The van der Waals surface area contributed by atoms with Crippen LogP contribution >= 0.6 is 0 Å². The number of nitrogens with zero attached hydrogens (tertiary/aromatic N) is 4. The quantitative estimate of drug-likeness (QED) is 0.546. The Hall–Kier alpha value is -2.99. The van der Waals surface area contributed by atoms with E-state index in [0.29, 0.717) is 30.2 Å². The first kappa shape index (κ1) is 16.5. The smallest absolute Gasteiger partial charge is 0.209 e. The molecule has 132 valence electrons. The highest BCUT2D eigenvalue weighted by atomic mass is 19.1. The summed E-state index contributed by atoms with van der Waals surface area (Å²) in [4.78, 5) is 6.58. The Balaban J connectivity index is 1.56. The molecule has 2 heterocycles. The van der Waals surface area contributed by atoms with Crippen LogP contribution in [0.1, 0.15) is 11.5 Å². The van der Waals surface area contributed by atoms with Gasteiger partial charge in [-0.25, -0.2) is 9.37 Å². The van der Waals surface area contributed by atoms with Gasteiger partial charge in [0.1, 0.15) is 11.3 Å². The SMILES string of the molecule is CN(Cc1nc2ccccc2o1)Cc1cn(C)nc1-c1ccccc1F. The minimum atomic E-state index is -0.269. The van der Waals surface area contributed by atoms with Crippen molar-refractivity contribution >= 4 is 11.1 Å². The predicted octanol–water partition coefficient (Wildman–Crippen LogP) is 4.00. The molecule has 2 aromatic heterocycles. The van der Waals surface area contributed by atoms with E-state index in [1.165, 1.54) is 6.07 Å². The molecule has 0 unspecified atom stereocenters. The summed E-state index contributed by atoms with van der Waals surface area (Å²) < 4.78 is 21.7. The Morgan fingerprint density at radius 1 is 1.08 bits per heavy atom. The number of hydrogen-bond donors (Lipinski definition) is 0. The summed E-state index contributed by atoms with van der Waals surface area (Å²) >= 11 is 0. The molecule has 0 aliphatic carbocycles. The Labute approximate surface area is 150 Å². The minimum Gasteiger partial charge on any atom is -0.439 e. The van der Waals surface area contributed by atoms with Crippen molar-refractivity contribution in [2.45, 2.75) is 13.1 Å². The van der Waals surface area contributed by atoms with E-state index in [0.717, 1.165) is 16.7 Å². The van der Waals surface area contributed by atoms with Crippen molar-refractivity contribution in [3.8, 4) is 11.3 Å². The van der Waals surface area contributed by atoms with Gasteiger partial charge >= 0.3 is 0 Å². The topological polar surface area (TPSA) is 47.1 Å². The number of hydrogen-bond acceptors (Lipinski definition) is 4. The fraction of sp³-hybridized carbons (Fsp3) is 0.200. The lowest BCUT2D eigenvalue weighted by molar-refractivity contribution is 0.285. The van der Waals surface area contributed by atoms with Crippen molar-refractivity contribution in [3.05, 3.63) is 72.0 Å². The molecule has 0 fully saturated rings. The zero-order valence-corrected chi connectivity index (χ0v) is 14.7. The lowest BCUT2D eigenvalue weighted by atomic mass is 10.1. The highest BCUT2D eigenvalue weighted by molar-refractivity contribution is 5.72. The van der Waals surface area contributed by atoms with Crippen LogP contribution in [0.4, 0.5) is 4.39 Å². The maximum atomic E-state index is 14.2. The van der Waals surface area contributed by atoms with E-state index in [1.807, 2.05) is 50.6 Å². The highest BCUT2D eigenvalue weighted by Gasteiger charge is 2.16. The monoisotopic (exact) mass is 350 g/mol. The molecule has 0 atom stereocenters. The molecular formula is C20H19FN4O. The highest BCUT2D eigenvalue weighted by Crippen LogP contribution is 2.26. The lowest BCUT2D eigenvalue weighted by Crippen LogP contribution is -2.17. The molecule has 0 saturated carbocycles. The van der Waals surface area contributed by atoms with Gasteiger partial charge in [-0.1, -0.05) is 24.3 Å². The van der Waals surface area contributed by atoms with E-state index >= 15 is 0 Å². The van der Waals surface area contributed by atoms with Gasteiger partial charge in [-0.15, -0.1) is 0 Å². The molecular weight excluding hydrogens is 331 g/mol. The van der Waals surface area contributed by atoms with Crippen molar-refractivity contribution < 1.29 is 8.81 Å². The van der Waals surface area contributed by atoms with Gasteiger partial charge in [-0.2, -0.15) is 5.10 Å². The van der Waals surface area contributed by atoms with Crippen LogP contribution in [0.2, 0.25) is 0 Å². The van der Waals surface area contributed by atoms with Crippen molar-refractivity contribution in [1.29, 1.82) is 0 Å². The van der Waals surface area contributed by atoms with Crippen LogP contribution in [0.5, 0.6) is 0 Å². The Bertz CT molecular complexity index is 1020. The molecule has 0 radical (unpaired) electrons. The van der Waals surface area contributed by atoms with E-state index in [1.54, 1.807) is 16.8 Å². The molecule has 2 aromatic carbocycles. The summed E-state index contributed by atoms with van der Waals surface area (Å²) in [5.41, 5.74) is 3.76.